The topological polar surface area (TPSA) is 54.0 Å². The Morgan fingerprint density at radius 1 is 1.00 bits per heavy atom. The van der Waals surface area contributed by atoms with Crippen molar-refractivity contribution in [2.24, 2.45) is 0 Å². The highest BCUT2D eigenvalue weighted by atomic mass is 19.1. The lowest BCUT2D eigenvalue weighted by Crippen LogP contribution is -2.23. The van der Waals surface area contributed by atoms with Gasteiger partial charge in [0.05, 0.1) is 0 Å². The molecule has 1 amide bonds. The number of anilines is 1. The Kier molecular flexibility index (Phi) is 5.93. The van der Waals surface area contributed by atoms with Gasteiger partial charge in [-0.25, -0.2) is 9.37 Å². The SMILES string of the molecule is O=C(NCc1ccccc1)c1ccnc(NCCc2ccccc2F)c1. The number of rotatable bonds is 7. The zero-order valence-electron chi connectivity index (χ0n) is 14.3. The van der Waals surface area contributed by atoms with Crippen molar-refractivity contribution in [1.29, 1.82) is 0 Å². The van der Waals surface area contributed by atoms with Crippen LogP contribution in [0.25, 0.3) is 0 Å². The molecule has 0 spiro atoms. The van der Waals surface area contributed by atoms with E-state index in [1.165, 1.54) is 6.07 Å². The molecule has 2 N–H and O–H groups in total. The van der Waals surface area contributed by atoms with Crippen molar-refractivity contribution >= 4 is 11.7 Å². The fraction of sp³-hybridized carbons (Fsp3) is 0.143. The molecule has 0 bridgehead atoms. The molecule has 1 aromatic heterocycles. The lowest BCUT2D eigenvalue weighted by Gasteiger charge is -2.09. The molecule has 0 atom stereocenters. The van der Waals surface area contributed by atoms with E-state index in [1.807, 2.05) is 36.4 Å². The highest BCUT2D eigenvalue weighted by molar-refractivity contribution is 5.94. The van der Waals surface area contributed by atoms with E-state index in [-0.39, 0.29) is 11.7 Å². The van der Waals surface area contributed by atoms with Crippen molar-refractivity contribution in [3.05, 3.63) is 95.4 Å². The number of carbonyl (C=O) groups excluding carboxylic acids is 1. The molecule has 0 saturated heterocycles. The van der Waals surface area contributed by atoms with Gasteiger partial charge in [0, 0.05) is 24.8 Å². The zero-order valence-corrected chi connectivity index (χ0v) is 14.3. The van der Waals surface area contributed by atoms with Crippen LogP contribution in [0.15, 0.2) is 72.9 Å². The number of pyridine rings is 1. The summed E-state index contributed by atoms with van der Waals surface area (Å²) in [6.07, 6.45) is 2.13. The van der Waals surface area contributed by atoms with Crippen molar-refractivity contribution in [2.75, 3.05) is 11.9 Å². The first-order valence-corrected chi connectivity index (χ1v) is 8.48. The van der Waals surface area contributed by atoms with Crippen LogP contribution >= 0.6 is 0 Å². The molecule has 5 heteroatoms. The van der Waals surface area contributed by atoms with Gasteiger partial charge < -0.3 is 10.6 Å². The number of carbonyl (C=O) groups is 1. The number of halogens is 1. The Morgan fingerprint density at radius 3 is 2.58 bits per heavy atom. The van der Waals surface area contributed by atoms with Crippen molar-refractivity contribution in [3.8, 4) is 0 Å². The van der Waals surface area contributed by atoms with Gasteiger partial charge in [-0.1, -0.05) is 48.5 Å². The van der Waals surface area contributed by atoms with Crippen molar-refractivity contribution in [3.63, 3.8) is 0 Å². The third-order valence-electron chi connectivity index (χ3n) is 3.98. The van der Waals surface area contributed by atoms with Crippen molar-refractivity contribution < 1.29 is 9.18 Å². The number of aromatic nitrogens is 1. The summed E-state index contributed by atoms with van der Waals surface area (Å²) in [5.74, 6) is 0.221. The minimum atomic E-state index is -0.212. The van der Waals surface area contributed by atoms with Crippen LogP contribution in [-0.4, -0.2) is 17.4 Å². The molecule has 0 radical (unpaired) electrons. The van der Waals surface area contributed by atoms with E-state index in [1.54, 1.807) is 30.5 Å². The number of benzene rings is 2. The van der Waals surface area contributed by atoms with Gasteiger partial charge >= 0.3 is 0 Å². The predicted octanol–water partition coefficient (Wildman–Crippen LogP) is 3.81. The summed E-state index contributed by atoms with van der Waals surface area (Å²) in [6.45, 7) is 1.00. The smallest absolute Gasteiger partial charge is 0.251 e. The maximum Gasteiger partial charge on any atom is 0.251 e. The van der Waals surface area contributed by atoms with E-state index in [4.69, 9.17) is 0 Å². The van der Waals surface area contributed by atoms with Crippen molar-refractivity contribution in [2.45, 2.75) is 13.0 Å². The van der Waals surface area contributed by atoms with Gasteiger partial charge in [-0.05, 0) is 35.7 Å². The Labute approximate surface area is 152 Å². The Morgan fingerprint density at radius 2 is 1.77 bits per heavy atom. The Balaban J connectivity index is 1.54. The normalized spacial score (nSPS) is 10.3. The number of nitrogens with zero attached hydrogens (tertiary/aromatic N) is 1. The molecule has 0 aliphatic heterocycles. The largest absolute Gasteiger partial charge is 0.370 e. The summed E-state index contributed by atoms with van der Waals surface area (Å²) >= 11 is 0. The quantitative estimate of drug-likeness (QED) is 0.682. The lowest BCUT2D eigenvalue weighted by atomic mass is 10.1. The fourth-order valence-electron chi connectivity index (χ4n) is 2.58. The van der Waals surface area contributed by atoms with E-state index >= 15 is 0 Å². The molecule has 0 aliphatic carbocycles. The molecular weight excluding hydrogens is 329 g/mol. The second-order valence-electron chi connectivity index (χ2n) is 5.87. The van der Waals surface area contributed by atoms with E-state index in [0.29, 0.717) is 36.5 Å². The highest BCUT2D eigenvalue weighted by Crippen LogP contribution is 2.10. The number of hydrogen-bond donors (Lipinski definition) is 2. The minimum Gasteiger partial charge on any atom is -0.370 e. The first-order valence-electron chi connectivity index (χ1n) is 8.48. The van der Waals surface area contributed by atoms with Crippen LogP contribution in [-0.2, 0) is 13.0 Å². The average molecular weight is 349 g/mol. The van der Waals surface area contributed by atoms with Gasteiger partial charge in [0.1, 0.15) is 11.6 Å². The summed E-state index contributed by atoms with van der Waals surface area (Å²) in [4.78, 5) is 16.5. The molecule has 0 aliphatic rings. The molecular formula is C21H20FN3O. The summed E-state index contributed by atoms with van der Waals surface area (Å²) in [5.41, 5.74) is 2.22. The summed E-state index contributed by atoms with van der Waals surface area (Å²) < 4.78 is 13.6. The third-order valence-corrected chi connectivity index (χ3v) is 3.98. The number of amides is 1. The van der Waals surface area contributed by atoms with Crippen LogP contribution in [0.3, 0.4) is 0 Å². The molecule has 0 unspecified atom stereocenters. The van der Waals surface area contributed by atoms with Crippen LogP contribution in [0, 0.1) is 5.82 Å². The predicted molar refractivity (Wildman–Crippen MR) is 100 cm³/mol. The fourth-order valence-corrected chi connectivity index (χ4v) is 2.58. The summed E-state index contributed by atoms with van der Waals surface area (Å²) in [6, 6.07) is 19.8. The first kappa shape index (κ1) is 17.6. The second kappa shape index (κ2) is 8.76. The molecule has 0 fully saturated rings. The van der Waals surface area contributed by atoms with Gasteiger partial charge in [-0.3, -0.25) is 4.79 Å². The first-order chi connectivity index (χ1) is 12.7. The van der Waals surface area contributed by atoms with Crippen LogP contribution in [0.5, 0.6) is 0 Å². The second-order valence-corrected chi connectivity index (χ2v) is 5.87. The van der Waals surface area contributed by atoms with Gasteiger partial charge in [-0.15, -0.1) is 0 Å². The summed E-state index contributed by atoms with van der Waals surface area (Å²) in [7, 11) is 0. The Bertz CT molecular complexity index is 868. The van der Waals surface area contributed by atoms with E-state index in [9.17, 15) is 9.18 Å². The monoisotopic (exact) mass is 349 g/mol. The van der Waals surface area contributed by atoms with Gasteiger partial charge in [0.2, 0.25) is 0 Å². The minimum absolute atomic E-state index is 0.159. The number of hydrogen-bond acceptors (Lipinski definition) is 3. The van der Waals surface area contributed by atoms with Crippen LogP contribution in [0.2, 0.25) is 0 Å². The van der Waals surface area contributed by atoms with Crippen molar-refractivity contribution in [1.82, 2.24) is 10.3 Å². The zero-order chi connectivity index (χ0) is 18.2. The van der Waals surface area contributed by atoms with Crippen LogP contribution in [0.4, 0.5) is 10.2 Å². The maximum atomic E-state index is 13.6. The molecule has 3 aromatic rings. The molecule has 2 aromatic carbocycles. The van der Waals surface area contributed by atoms with Crippen LogP contribution < -0.4 is 10.6 Å². The highest BCUT2D eigenvalue weighted by Gasteiger charge is 2.07. The standard InChI is InChI=1S/C21H20FN3O/c22-19-9-5-4-8-17(19)10-12-23-20-14-18(11-13-24-20)21(26)25-15-16-6-2-1-3-7-16/h1-9,11,13-14H,10,12,15H2,(H,23,24)(H,25,26). The molecule has 4 nitrogen and oxygen atoms in total. The lowest BCUT2D eigenvalue weighted by molar-refractivity contribution is 0.0951. The Hall–Kier alpha value is -3.21. The van der Waals surface area contributed by atoms with Gasteiger partial charge in [0.25, 0.3) is 5.91 Å². The number of nitrogens with one attached hydrogen (secondary N) is 2. The van der Waals surface area contributed by atoms with Crippen LogP contribution in [0.1, 0.15) is 21.5 Å². The van der Waals surface area contributed by atoms with E-state index < -0.39 is 0 Å². The van der Waals surface area contributed by atoms with E-state index in [0.717, 1.165) is 5.56 Å². The third kappa shape index (κ3) is 4.89. The molecule has 3 rings (SSSR count). The molecule has 26 heavy (non-hydrogen) atoms. The molecule has 0 saturated carbocycles. The molecule has 1 heterocycles. The summed E-state index contributed by atoms with van der Waals surface area (Å²) in [5, 5.41) is 6.02. The average Bonchev–Trinajstić information content (AvgIpc) is 2.69. The maximum absolute atomic E-state index is 13.6. The van der Waals surface area contributed by atoms with Gasteiger partial charge in [0.15, 0.2) is 0 Å². The van der Waals surface area contributed by atoms with E-state index in [2.05, 4.69) is 15.6 Å². The van der Waals surface area contributed by atoms with Gasteiger partial charge in [-0.2, -0.15) is 0 Å². The molecule has 132 valence electrons.